The first-order valence-corrected chi connectivity index (χ1v) is 8.82. The van der Waals surface area contributed by atoms with E-state index in [1.54, 1.807) is 18.2 Å². The molecule has 1 amide bonds. The van der Waals surface area contributed by atoms with Crippen LogP contribution in [-0.4, -0.2) is 32.8 Å². The molecule has 28 heavy (non-hydrogen) atoms. The normalized spacial score (nSPS) is 10.9. The maximum atomic E-state index is 12.5. The second-order valence-corrected chi connectivity index (χ2v) is 5.74. The second-order valence-electron chi connectivity index (χ2n) is 5.74. The fourth-order valence-corrected chi connectivity index (χ4v) is 2.47. The van der Waals surface area contributed by atoms with Crippen LogP contribution in [0.4, 0.5) is 8.78 Å². The van der Waals surface area contributed by atoms with E-state index >= 15 is 0 Å². The molecule has 0 fully saturated rings. The Morgan fingerprint density at radius 1 is 1.14 bits per heavy atom. The van der Waals surface area contributed by atoms with E-state index in [2.05, 4.69) is 10.1 Å². The van der Waals surface area contributed by atoms with E-state index in [9.17, 15) is 13.6 Å². The molecular formula is C21H23F2NO4. The summed E-state index contributed by atoms with van der Waals surface area (Å²) in [5, 5.41) is 2.75. The molecule has 2 aromatic rings. The SMILES string of the molecule is CCOc1ccc(/C=C/C(=O)NCCc2ccc(OC)c(OC(F)F)c2)cc1. The molecule has 1 N–H and O–H groups in total. The molecule has 0 saturated heterocycles. The van der Waals surface area contributed by atoms with E-state index < -0.39 is 6.61 Å². The number of carbonyl (C=O) groups is 1. The lowest BCUT2D eigenvalue weighted by atomic mass is 10.1. The Hall–Kier alpha value is -3.09. The second kappa shape index (κ2) is 10.9. The third kappa shape index (κ3) is 6.90. The summed E-state index contributed by atoms with van der Waals surface area (Å²) in [7, 11) is 1.38. The first kappa shape index (κ1) is 21.2. The Kier molecular flexibility index (Phi) is 8.27. The zero-order valence-electron chi connectivity index (χ0n) is 15.8. The summed E-state index contributed by atoms with van der Waals surface area (Å²) in [5.41, 5.74) is 1.62. The molecule has 0 bridgehead atoms. The Morgan fingerprint density at radius 3 is 2.54 bits per heavy atom. The van der Waals surface area contributed by atoms with E-state index in [0.717, 1.165) is 16.9 Å². The molecule has 0 unspecified atom stereocenters. The highest BCUT2D eigenvalue weighted by Crippen LogP contribution is 2.29. The van der Waals surface area contributed by atoms with Gasteiger partial charge in [0.1, 0.15) is 5.75 Å². The van der Waals surface area contributed by atoms with Crippen LogP contribution >= 0.6 is 0 Å². The molecule has 2 aromatic carbocycles. The molecule has 150 valence electrons. The largest absolute Gasteiger partial charge is 0.494 e. The van der Waals surface area contributed by atoms with Gasteiger partial charge in [-0.2, -0.15) is 8.78 Å². The van der Waals surface area contributed by atoms with Gasteiger partial charge in [0.05, 0.1) is 13.7 Å². The Balaban J connectivity index is 1.84. The molecule has 0 heterocycles. The van der Waals surface area contributed by atoms with E-state index in [4.69, 9.17) is 9.47 Å². The summed E-state index contributed by atoms with van der Waals surface area (Å²) in [5.74, 6) is 0.730. The predicted molar refractivity (Wildman–Crippen MR) is 103 cm³/mol. The minimum Gasteiger partial charge on any atom is -0.494 e. The lowest BCUT2D eigenvalue weighted by molar-refractivity contribution is -0.116. The van der Waals surface area contributed by atoms with Gasteiger partial charge in [-0.1, -0.05) is 18.2 Å². The van der Waals surface area contributed by atoms with Crippen molar-refractivity contribution < 1.29 is 27.8 Å². The van der Waals surface area contributed by atoms with Gasteiger partial charge in [-0.25, -0.2) is 0 Å². The third-order valence-electron chi connectivity index (χ3n) is 3.78. The van der Waals surface area contributed by atoms with E-state index in [-0.39, 0.29) is 17.4 Å². The number of carbonyl (C=O) groups excluding carboxylic acids is 1. The lowest BCUT2D eigenvalue weighted by Crippen LogP contribution is -2.23. The minimum atomic E-state index is -2.93. The Morgan fingerprint density at radius 2 is 1.89 bits per heavy atom. The number of methoxy groups -OCH3 is 1. The van der Waals surface area contributed by atoms with E-state index in [0.29, 0.717) is 19.6 Å². The van der Waals surface area contributed by atoms with Crippen molar-refractivity contribution in [3.8, 4) is 17.2 Å². The zero-order chi connectivity index (χ0) is 20.4. The number of benzene rings is 2. The highest BCUT2D eigenvalue weighted by atomic mass is 19.3. The quantitative estimate of drug-likeness (QED) is 0.621. The van der Waals surface area contributed by atoms with Gasteiger partial charge in [-0.05, 0) is 54.8 Å². The summed E-state index contributed by atoms with van der Waals surface area (Å²) in [6, 6.07) is 12.2. The van der Waals surface area contributed by atoms with Crippen molar-refractivity contribution in [2.75, 3.05) is 20.3 Å². The van der Waals surface area contributed by atoms with Crippen LogP contribution in [0.1, 0.15) is 18.1 Å². The summed E-state index contributed by atoms with van der Waals surface area (Å²) >= 11 is 0. The van der Waals surface area contributed by atoms with Crippen molar-refractivity contribution in [2.45, 2.75) is 20.0 Å². The maximum absolute atomic E-state index is 12.5. The van der Waals surface area contributed by atoms with E-state index in [1.807, 2.05) is 31.2 Å². The highest BCUT2D eigenvalue weighted by molar-refractivity contribution is 5.91. The molecule has 0 aliphatic heterocycles. The molecule has 5 nitrogen and oxygen atoms in total. The molecular weight excluding hydrogens is 368 g/mol. The first-order chi connectivity index (χ1) is 13.5. The topological polar surface area (TPSA) is 56.8 Å². The number of alkyl halides is 2. The number of halogens is 2. The standard InChI is InChI=1S/C21H23F2NO4/c1-3-27-17-8-4-15(5-9-17)7-11-20(25)24-13-12-16-6-10-18(26-2)19(14-16)28-21(22)23/h4-11,14,21H,3,12-13H2,1-2H3,(H,24,25)/b11-7+. The minimum absolute atomic E-state index is 0.0308. The van der Waals surface area contributed by atoms with Crippen LogP contribution < -0.4 is 19.5 Å². The summed E-state index contributed by atoms with van der Waals surface area (Å²) in [4.78, 5) is 11.9. The average Bonchev–Trinajstić information content (AvgIpc) is 2.67. The van der Waals surface area contributed by atoms with Crippen molar-refractivity contribution in [1.82, 2.24) is 5.32 Å². The fourth-order valence-electron chi connectivity index (χ4n) is 2.47. The van der Waals surface area contributed by atoms with Crippen molar-refractivity contribution in [2.24, 2.45) is 0 Å². The van der Waals surface area contributed by atoms with Gasteiger partial charge < -0.3 is 19.5 Å². The van der Waals surface area contributed by atoms with E-state index in [1.165, 1.54) is 19.3 Å². The zero-order valence-corrected chi connectivity index (χ0v) is 15.8. The Bertz CT molecular complexity index is 791. The number of hydrogen-bond acceptors (Lipinski definition) is 4. The van der Waals surface area contributed by atoms with Crippen LogP contribution in [0.15, 0.2) is 48.5 Å². The number of amides is 1. The van der Waals surface area contributed by atoms with Crippen molar-refractivity contribution in [1.29, 1.82) is 0 Å². The van der Waals surface area contributed by atoms with Crippen molar-refractivity contribution >= 4 is 12.0 Å². The van der Waals surface area contributed by atoms with Gasteiger partial charge in [0.2, 0.25) is 5.91 Å². The number of nitrogens with one attached hydrogen (secondary N) is 1. The summed E-state index contributed by atoms with van der Waals surface area (Å²) < 4.78 is 39.7. The smallest absolute Gasteiger partial charge is 0.387 e. The van der Waals surface area contributed by atoms with Crippen LogP contribution in [0, 0.1) is 0 Å². The number of rotatable bonds is 10. The Labute approximate surface area is 162 Å². The van der Waals surface area contributed by atoms with Crippen LogP contribution in [0.5, 0.6) is 17.2 Å². The van der Waals surface area contributed by atoms with Crippen LogP contribution in [-0.2, 0) is 11.2 Å². The van der Waals surface area contributed by atoms with Crippen LogP contribution in [0.2, 0.25) is 0 Å². The highest BCUT2D eigenvalue weighted by Gasteiger charge is 2.11. The van der Waals surface area contributed by atoms with Gasteiger partial charge in [0.25, 0.3) is 0 Å². The predicted octanol–water partition coefficient (Wildman–Crippen LogP) is 4.07. The summed E-state index contributed by atoms with van der Waals surface area (Å²) in [6.07, 6.45) is 3.61. The van der Waals surface area contributed by atoms with Gasteiger partial charge in [-0.3, -0.25) is 4.79 Å². The fraction of sp³-hybridized carbons (Fsp3) is 0.286. The summed E-state index contributed by atoms with van der Waals surface area (Å²) in [6.45, 7) is -0.0675. The molecule has 2 rings (SSSR count). The lowest BCUT2D eigenvalue weighted by Gasteiger charge is -2.11. The van der Waals surface area contributed by atoms with Gasteiger partial charge in [0.15, 0.2) is 11.5 Å². The van der Waals surface area contributed by atoms with Crippen LogP contribution in [0.3, 0.4) is 0 Å². The van der Waals surface area contributed by atoms with Crippen molar-refractivity contribution in [3.63, 3.8) is 0 Å². The number of hydrogen-bond donors (Lipinski definition) is 1. The first-order valence-electron chi connectivity index (χ1n) is 8.82. The van der Waals surface area contributed by atoms with Crippen LogP contribution in [0.25, 0.3) is 6.08 Å². The van der Waals surface area contributed by atoms with Gasteiger partial charge in [-0.15, -0.1) is 0 Å². The average molecular weight is 391 g/mol. The third-order valence-corrected chi connectivity index (χ3v) is 3.78. The van der Waals surface area contributed by atoms with Gasteiger partial charge in [0, 0.05) is 12.6 Å². The van der Waals surface area contributed by atoms with Gasteiger partial charge >= 0.3 is 6.61 Å². The molecule has 0 radical (unpaired) electrons. The molecule has 0 saturated carbocycles. The molecule has 0 atom stereocenters. The monoisotopic (exact) mass is 391 g/mol. The molecule has 0 aliphatic rings. The van der Waals surface area contributed by atoms with Crippen molar-refractivity contribution in [3.05, 3.63) is 59.7 Å². The number of ether oxygens (including phenoxy) is 3. The maximum Gasteiger partial charge on any atom is 0.387 e. The molecule has 7 heteroatoms. The molecule has 0 spiro atoms. The molecule has 0 aliphatic carbocycles. The molecule has 0 aromatic heterocycles.